The first-order chi connectivity index (χ1) is 9.29. The van der Waals surface area contributed by atoms with Gasteiger partial charge < -0.3 is 14.6 Å². The van der Waals surface area contributed by atoms with Gasteiger partial charge in [0, 0.05) is 6.20 Å². The van der Waals surface area contributed by atoms with Gasteiger partial charge in [-0.15, -0.1) is 0 Å². The Labute approximate surface area is 119 Å². The Morgan fingerprint density at radius 1 is 1.16 bits per heavy atom. The molecule has 0 bridgehead atoms. The number of aliphatic hydroxyl groups excluding tert-OH is 1. The summed E-state index contributed by atoms with van der Waals surface area (Å²) >= 11 is 3.34. The van der Waals surface area contributed by atoms with Gasteiger partial charge in [0.15, 0.2) is 11.5 Å². The summed E-state index contributed by atoms with van der Waals surface area (Å²) in [4.78, 5) is 0. The summed E-state index contributed by atoms with van der Waals surface area (Å²) < 4.78 is 13.8. The number of ether oxygens (including phenoxy) is 2. The molecule has 0 aliphatic rings. The average molecular weight is 327 g/mol. The molecule has 102 valence electrons. The van der Waals surface area contributed by atoms with Crippen LogP contribution in [0.15, 0.2) is 41.1 Å². The second kappa shape index (κ2) is 7.16. The van der Waals surface area contributed by atoms with Crippen LogP contribution in [-0.4, -0.2) is 34.7 Å². The van der Waals surface area contributed by atoms with Crippen molar-refractivity contribution in [1.29, 1.82) is 0 Å². The van der Waals surface area contributed by atoms with Crippen molar-refractivity contribution >= 4 is 15.9 Å². The van der Waals surface area contributed by atoms with E-state index in [4.69, 9.17) is 14.6 Å². The van der Waals surface area contributed by atoms with Crippen LogP contribution in [0.3, 0.4) is 0 Å². The number of aliphatic hydroxyl groups is 1. The molecule has 0 saturated carbocycles. The Balaban J connectivity index is 1.88. The Bertz CT molecular complexity index is 516. The molecule has 6 heteroatoms. The fourth-order valence-corrected chi connectivity index (χ4v) is 1.88. The first-order valence-corrected chi connectivity index (χ1v) is 6.72. The standard InChI is InChI=1S/C13H15BrN2O3/c14-11-9-15-16(10-11)5-7-18-12-3-1-2-4-13(12)19-8-6-17/h1-4,9-10,17H,5-8H2. The minimum Gasteiger partial charge on any atom is -0.488 e. The van der Waals surface area contributed by atoms with E-state index in [0.717, 1.165) is 4.47 Å². The maximum atomic E-state index is 8.76. The lowest BCUT2D eigenvalue weighted by molar-refractivity contribution is 0.192. The fraction of sp³-hybridized carbons (Fsp3) is 0.308. The second-order valence-corrected chi connectivity index (χ2v) is 4.70. The molecule has 1 aromatic heterocycles. The highest BCUT2D eigenvalue weighted by molar-refractivity contribution is 9.10. The lowest BCUT2D eigenvalue weighted by Gasteiger charge is -2.11. The maximum Gasteiger partial charge on any atom is 0.161 e. The van der Waals surface area contributed by atoms with Crippen molar-refractivity contribution in [3.8, 4) is 11.5 Å². The molecule has 0 saturated heterocycles. The van der Waals surface area contributed by atoms with Crippen LogP contribution in [0.25, 0.3) is 0 Å². The van der Waals surface area contributed by atoms with Crippen molar-refractivity contribution in [2.45, 2.75) is 6.54 Å². The molecule has 0 aliphatic heterocycles. The van der Waals surface area contributed by atoms with Crippen molar-refractivity contribution in [2.24, 2.45) is 0 Å². The molecule has 0 radical (unpaired) electrons. The van der Waals surface area contributed by atoms with E-state index in [9.17, 15) is 0 Å². The van der Waals surface area contributed by atoms with E-state index in [2.05, 4.69) is 21.0 Å². The molecular formula is C13H15BrN2O3. The number of halogens is 1. The van der Waals surface area contributed by atoms with E-state index >= 15 is 0 Å². The van der Waals surface area contributed by atoms with Crippen LogP contribution < -0.4 is 9.47 Å². The molecule has 0 unspecified atom stereocenters. The molecule has 0 atom stereocenters. The highest BCUT2D eigenvalue weighted by Gasteiger charge is 2.04. The van der Waals surface area contributed by atoms with E-state index in [1.165, 1.54) is 0 Å². The highest BCUT2D eigenvalue weighted by atomic mass is 79.9. The van der Waals surface area contributed by atoms with Gasteiger partial charge in [-0.05, 0) is 28.1 Å². The summed E-state index contributed by atoms with van der Waals surface area (Å²) in [7, 11) is 0. The summed E-state index contributed by atoms with van der Waals surface area (Å²) in [6, 6.07) is 7.40. The number of para-hydroxylation sites is 2. The van der Waals surface area contributed by atoms with Gasteiger partial charge in [0.2, 0.25) is 0 Å². The average Bonchev–Trinajstić information content (AvgIpc) is 2.83. The topological polar surface area (TPSA) is 56.5 Å². The molecule has 2 aromatic rings. The summed E-state index contributed by atoms with van der Waals surface area (Å²) in [5.41, 5.74) is 0. The Kier molecular flexibility index (Phi) is 5.23. The second-order valence-electron chi connectivity index (χ2n) is 3.79. The third kappa shape index (κ3) is 4.25. The van der Waals surface area contributed by atoms with Gasteiger partial charge in [0.1, 0.15) is 13.2 Å². The summed E-state index contributed by atoms with van der Waals surface area (Å²) in [6.07, 6.45) is 3.62. The molecular weight excluding hydrogens is 312 g/mol. The van der Waals surface area contributed by atoms with Crippen LogP contribution in [0.2, 0.25) is 0 Å². The molecule has 0 fully saturated rings. The molecule has 0 spiro atoms. The molecule has 0 aliphatic carbocycles. The van der Waals surface area contributed by atoms with E-state index < -0.39 is 0 Å². The Hall–Kier alpha value is -1.53. The largest absolute Gasteiger partial charge is 0.488 e. The molecule has 2 rings (SSSR count). The number of aromatic nitrogens is 2. The summed E-state index contributed by atoms with van der Waals surface area (Å²) in [5, 5.41) is 12.9. The number of rotatable bonds is 7. The quantitative estimate of drug-likeness (QED) is 0.846. The van der Waals surface area contributed by atoms with Gasteiger partial charge in [-0.1, -0.05) is 12.1 Å². The van der Waals surface area contributed by atoms with Crippen LogP contribution in [0, 0.1) is 0 Å². The lowest BCUT2D eigenvalue weighted by Crippen LogP contribution is -2.09. The molecule has 1 aromatic carbocycles. The van der Waals surface area contributed by atoms with Crippen LogP contribution in [0.5, 0.6) is 11.5 Å². The van der Waals surface area contributed by atoms with Gasteiger partial charge in [0.25, 0.3) is 0 Å². The smallest absolute Gasteiger partial charge is 0.161 e. The van der Waals surface area contributed by atoms with E-state index in [1.807, 2.05) is 30.5 Å². The van der Waals surface area contributed by atoms with Gasteiger partial charge in [-0.2, -0.15) is 5.10 Å². The van der Waals surface area contributed by atoms with Gasteiger partial charge in [-0.3, -0.25) is 4.68 Å². The molecule has 0 amide bonds. The zero-order chi connectivity index (χ0) is 13.5. The van der Waals surface area contributed by atoms with Crippen molar-refractivity contribution in [3.63, 3.8) is 0 Å². The highest BCUT2D eigenvalue weighted by Crippen LogP contribution is 2.26. The number of nitrogens with zero attached hydrogens (tertiary/aromatic N) is 2. The van der Waals surface area contributed by atoms with Crippen LogP contribution in [0.4, 0.5) is 0 Å². The SMILES string of the molecule is OCCOc1ccccc1OCCn1cc(Br)cn1. The lowest BCUT2D eigenvalue weighted by atomic mass is 10.3. The molecule has 5 nitrogen and oxygen atoms in total. The Morgan fingerprint density at radius 2 is 1.84 bits per heavy atom. The van der Waals surface area contributed by atoms with E-state index in [1.54, 1.807) is 10.9 Å². The van der Waals surface area contributed by atoms with Crippen LogP contribution in [-0.2, 0) is 6.54 Å². The zero-order valence-corrected chi connectivity index (χ0v) is 11.9. The fourth-order valence-electron chi connectivity index (χ4n) is 1.55. The molecule has 19 heavy (non-hydrogen) atoms. The zero-order valence-electron chi connectivity index (χ0n) is 10.3. The summed E-state index contributed by atoms with van der Waals surface area (Å²) in [5.74, 6) is 1.31. The minimum atomic E-state index is -0.0182. The van der Waals surface area contributed by atoms with Gasteiger partial charge in [0.05, 0.1) is 23.8 Å². The van der Waals surface area contributed by atoms with Gasteiger partial charge >= 0.3 is 0 Å². The van der Waals surface area contributed by atoms with Crippen molar-refractivity contribution in [2.75, 3.05) is 19.8 Å². The van der Waals surface area contributed by atoms with Crippen molar-refractivity contribution < 1.29 is 14.6 Å². The van der Waals surface area contributed by atoms with E-state index in [-0.39, 0.29) is 13.2 Å². The monoisotopic (exact) mass is 326 g/mol. The normalized spacial score (nSPS) is 10.4. The minimum absolute atomic E-state index is 0.0182. The predicted octanol–water partition coefficient (Wildman–Crippen LogP) is 2.10. The van der Waals surface area contributed by atoms with Crippen LogP contribution >= 0.6 is 15.9 Å². The number of hydrogen-bond donors (Lipinski definition) is 1. The Morgan fingerprint density at radius 3 is 2.42 bits per heavy atom. The maximum absolute atomic E-state index is 8.76. The molecule has 1 heterocycles. The first kappa shape index (κ1) is 13.9. The predicted molar refractivity (Wildman–Crippen MR) is 74.4 cm³/mol. The molecule has 1 N–H and O–H groups in total. The van der Waals surface area contributed by atoms with Crippen LogP contribution in [0.1, 0.15) is 0 Å². The van der Waals surface area contributed by atoms with Crippen molar-refractivity contribution in [3.05, 3.63) is 41.1 Å². The summed E-state index contributed by atoms with van der Waals surface area (Å²) in [6.45, 7) is 1.38. The third-order valence-electron chi connectivity index (χ3n) is 2.38. The van der Waals surface area contributed by atoms with E-state index in [0.29, 0.717) is 24.7 Å². The van der Waals surface area contributed by atoms with Crippen molar-refractivity contribution in [1.82, 2.24) is 9.78 Å². The number of hydrogen-bond acceptors (Lipinski definition) is 4. The van der Waals surface area contributed by atoms with Gasteiger partial charge in [-0.25, -0.2) is 0 Å². The third-order valence-corrected chi connectivity index (χ3v) is 2.79. The number of benzene rings is 1. The first-order valence-electron chi connectivity index (χ1n) is 5.93.